The van der Waals surface area contributed by atoms with Gasteiger partial charge in [-0.1, -0.05) is 34.8 Å². The van der Waals surface area contributed by atoms with Gasteiger partial charge in [-0.05, 0) is 0 Å². The molecule has 0 N–H and O–H groups in total. The van der Waals surface area contributed by atoms with Crippen LogP contribution in [0.3, 0.4) is 0 Å². The summed E-state index contributed by atoms with van der Waals surface area (Å²) in [7, 11) is 0. The third kappa shape index (κ3) is 31.8. The van der Waals surface area contributed by atoms with Gasteiger partial charge in [0, 0.05) is 0 Å². The van der Waals surface area contributed by atoms with Crippen molar-refractivity contribution in [3.63, 3.8) is 0 Å². The van der Waals surface area contributed by atoms with Gasteiger partial charge in [-0.15, -0.1) is 23.2 Å². The van der Waals surface area contributed by atoms with Crippen LogP contribution in [0.4, 0.5) is 0 Å². The van der Waals surface area contributed by atoms with E-state index in [0.29, 0.717) is 0 Å². The molecule has 0 atom stereocenters. The fraction of sp³-hybridized carbons (Fsp3) is 1.00. The first-order valence-electron chi connectivity index (χ1n) is 3.34. The molecule has 1 fully saturated rings. The Balaban J connectivity index is 0. The van der Waals surface area contributed by atoms with E-state index in [4.69, 9.17) is 67.5 Å². The molecule has 1 heterocycles. The van der Waals surface area contributed by atoms with Crippen LogP contribution < -0.4 is 0 Å². The monoisotopic (exact) mass is 290 g/mol. The Bertz CT molecular complexity index is 65.2. The van der Waals surface area contributed by atoms with Crippen LogP contribution >= 0.6 is 58.0 Å². The van der Waals surface area contributed by atoms with E-state index in [2.05, 4.69) is 0 Å². The fourth-order valence-electron chi connectivity index (χ4n) is 0.440. The number of hydrogen-bond acceptors (Lipinski definition) is 2. The summed E-state index contributed by atoms with van der Waals surface area (Å²) in [6, 6.07) is 0. The van der Waals surface area contributed by atoms with Gasteiger partial charge in [-0.3, -0.25) is 0 Å². The number of rotatable bonds is 0. The van der Waals surface area contributed by atoms with Crippen LogP contribution in [0, 0.1) is 0 Å². The van der Waals surface area contributed by atoms with E-state index >= 15 is 0 Å². The van der Waals surface area contributed by atoms with Gasteiger partial charge in [0.05, 0.1) is 31.8 Å². The Morgan fingerprint density at radius 3 is 1.08 bits per heavy atom. The highest BCUT2D eigenvalue weighted by Crippen LogP contribution is 2.03. The largest absolute Gasteiger partial charge is 0.377 e. The molecule has 0 amide bonds. The number of ether oxygens (including phenoxy) is 2. The summed E-state index contributed by atoms with van der Waals surface area (Å²) in [5.41, 5.74) is 0. The molecule has 1 rings (SSSR count). The van der Waals surface area contributed by atoms with Crippen LogP contribution in [-0.4, -0.2) is 36.1 Å². The first-order valence-corrected chi connectivity index (χ1v) is 5.72. The van der Waals surface area contributed by atoms with Gasteiger partial charge in [0.1, 0.15) is 0 Å². The fourth-order valence-corrected chi connectivity index (χ4v) is 0.440. The SMILES string of the molecule is C1COCCO1.ClC(Cl)Cl.ClCCl. The molecule has 0 aliphatic carbocycles. The summed E-state index contributed by atoms with van der Waals surface area (Å²) >= 11 is 23.9. The van der Waals surface area contributed by atoms with Gasteiger partial charge in [-0.25, -0.2) is 0 Å². The van der Waals surface area contributed by atoms with Crippen molar-refractivity contribution in [3.05, 3.63) is 0 Å². The Hall–Kier alpha value is 1.37. The quantitative estimate of drug-likeness (QED) is 0.637. The first kappa shape index (κ1) is 16.8. The zero-order valence-corrected chi connectivity index (χ0v) is 10.6. The van der Waals surface area contributed by atoms with Gasteiger partial charge in [0.15, 0.2) is 4.30 Å². The molecule has 2 nitrogen and oxygen atoms in total. The van der Waals surface area contributed by atoms with Crippen molar-refractivity contribution in [1.82, 2.24) is 0 Å². The van der Waals surface area contributed by atoms with E-state index in [0.717, 1.165) is 26.4 Å². The van der Waals surface area contributed by atoms with E-state index < -0.39 is 4.30 Å². The molecule has 82 valence electrons. The van der Waals surface area contributed by atoms with Gasteiger partial charge in [0.2, 0.25) is 0 Å². The van der Waals surface area contributed by atoms with E-state index in [1.165, 1.54) is 0 Å². The molecule has 7 heteroatoms. The summed E-state index contributed by atoms with van der Waals surface area (Å²) in [6.07, 6.45) is 0. The second kappa shape index (κ2) is 15.8. The van der Waals surface area contributed by atoms with Crippen molar-refractivity contribution < 1.29 is 9.47 Å². The number of hydrogen-bond donors (Lipinski definition) is 0. The smallest absolute Gasteiger partial charge is 0.180 e. The lowest BCUT2D eigenvalue weighted by molar-refractivity contribution is -0.0334. The van der Waals surface area contributed by atoms with E-state index in [9.17, 15) is 0 Å². The molecule has 0 bridgehead atoms. The van der Waals surface area contributed by atoms with Crippen molar-refractivity contribution in [2.45, 2.75) is 4.30 Å². The second-order valence-corrected chi connectivity index (χ2v) is 4.36. The molecule has 13 heavy (non-hydrogen) atoms. The first-order chi connectivity index (χ1) is 6.15. The van der Waals surface area contributed by atoms with Crippen molar-refractivity contribution >= 4 is 58.0 Å². The van der Waals surface area contributed by atoms with Crippen molar-refractivity contribution in [2.75, 3.05) is 31.8 Å². The third-order valence-corrected chi connectivity index (χ3v) is 0.744. The maximum atomic E-state index is 4.94. The Morgan fingerprint density at radius 1 is 0.846 bits per heavy atom. The minimum absolute atomic E-state index is 0.194. The lowest BCUT2D eigenvalue weighted by Gasteiger charge is -2.09. The minimum atomic E-state index is -0.750. The molecule has 0 radical (unpaired) electrons. The molecule has 0 aromatic rings. The lowest BCUT2D eigenvalue weighted by atomic mass is 10.6. The second-order valence-electron chi connectivity index (χ2n) is 1.57. The average Bonchev–Trinajstić information content (AvgIpc) is 2.08. The maximum Gasteiger partial charge on any atom is 0.180 e. The van der Waals surface area contributed by atoms with Crippen molar-refractivity contribution in [1.29, 1.82) is 0 Å². The normalized spacial score (nSPS) is 15.2. The third-order valence-electron chi connectivity index (χ3n) is 0.744. The van der Waals surface area contributed by atoms with Gasteiger partial charge in [-0.2, -0.15) is 0 Å². The lowest BCUT2D eigenvalue weighted by Crippen LogP contribution is -2.16. The van der Waals surface area contributed by atoms with E-state index in [1.54, 1.807) is 0 Å². The summed E-state index contributed by atoms with van der Waals surface area (Å²) in [5.74, 6) is 0. The highest BCUT2D eigenvalue weighted by Gasteiger charge is 1.94. The molecule has 0 unspecified atom stereocenters. The van der Waals surface area contributed by atoms with Crippen LogP contribution in [0.15, 0.2) is 0 Å². The molecular weight excluding hydrogens is 281 g/mol. The Morgan fingerprint density at radius 2 is 1.00 bits per heavy atom. The molecule has 0 saturated carbocycles. The van der Waals surface area contributed by atoms with E-state index in [1.807, 2.05) is 0 Å². The highest BCUT2D eigenvalue weighted by molar-refractivity contribution is 6.63. The van der Waals surface area contributed by atoms with Crippen LogP contribution in [-0.2, 0) is 9.47 Å². The predicted molar refractivity (Wildman–Crippen MR) is 59.6 cm³/mol. The van der Waals surface area contributed by atoms with E-state index in [-0.39, 0.29) is 5.34 Å². The molecule has 0 aromatic heterocycles. The maximum absolute atomic E-state index is 4.94. The summed E-state index contributed by atoms with van der Waals surface area (Å²) in [4.78, 5) is 0. The van der Waals surface area contributed by atoms with Crippen LogP contribution in [0.5, 0.6) is 0 Å². The van der Waals surface area contributed by atoms with Crippen molar-refractivity contribution in [3.8, 4) is 0 Å². The standard InChI is InChI=1S/C4H8O2.CHCl3.CH2Cl2/c1-2-6-4-3-5-1;2-1(3)4;2-1-3/h1-4H2;1H;1H2. The van der Waals surface area contributed by atoms with Crippen LogP contribution in [0.1, 0.15) is 0 Å². The summed E-state index contributed by atoms with van der Waals surface area (Å²) in [6.45, 7) is 3.11. The summed E-state index contributed by atoms with van der Waals surface area (Å²) < 4.78 is 9.14. The molecule has 1 saturated heterocycles. The minimum Gasteiger partial charge on any atom is -0.377 e. The van der Waals surface area contributed by atoms with Crippen LogP contribution in [0.25, 0.3) is 0 Å². The van der Waals surface area contributed by atoms with Gasteiger partial charge in [0.25, 0.3) is 0 Å². The zero-order chi connectivity index (χ0) is 10.5. The number of alkyl halides is 5. The van der Waals surface area contributed by atoms with Gasteiger partial charge < -0.3 is 9.47 Å². The topological polar surface area (TPSA) is 18.5 Å². The molecular formula is C6H11Cl5O2. The Labute approximate surface area is 103 Å². The molecule has 0 aromatic carbocycles. The van der Waals surface area contributed by atoms with Gasteiger partial charge >= 0.3 is 0 Å². The predicted octanol–water partition coefficient (Wildman–Crippen LogP) is 3.44. The average molecular weight is 292 g/mol. The highest BCUT2D eigenvalue weighted by atomic mass is 35.6. The zero-order valence-electron chi connectivity index (χ0n) is 6.82. The van der Waals surface area contributed by atoms with Crippen molar-refractivity contribution in [2.24, 2.45) is 0 Å². The molecule has 1 aliphatic heterocycles. The summed E-state index contributed by atoms with van der Waals surface area (Å²) in [5, 5.41) is 0.194. The molecule has 0 spiro atoms. The number of halogens is 5. The van der Waals surface area contributed by atoms with Crippen LogP contribution in [0.2, 0.25) is 0 Å². The Kier molecular flexibility index (Phi) is 20.4. The molecule has 1 aliphatic rings.